The Labute approximate surface area is 111 Å². The fourth-order valence-corrected chi connectivity index (χ4v) is 1.88. The van der Waals surface area contributed by atoms with Crippen molar-refractivity contribution in [3.63, 3.8) is 0 Å². The van der Waals surface area contributed by atoms with Gasteiger partial charge in [0.2, 0.25) is 0 Å². The predicted molar refractivity (Wildman–Crippen MR) is 75.5 cm³/mol. The average Bonchev–Trinajstić information content (AvgIpc) is 2.46. The van der Waals surface area contributed by atoms with Gasteiger partial charge in [-0.25, -0.2) is 0 Å². The monoisotopic (exact) mass is 254 g/mol. The van der Waals surface area contributed by atoms with Gasteiger partial charge in [0.15, 0.2) is 0 Å². The maximum atomic E-state index is 10.8. The number of rotatable bonds is 4. The summed E-state index contributed by atoms with van der Waals surface area (Å²) >= 11 is 0. The van der Waals surface area contributed by atoms with Gasteiger partial charge in [-0.1, -0.05) is 25.1 Å². The molecule has 96 valence electrons. The number of pyridine rings is 1. The first-order valence-electron chi connectivity index (χ1n) is 6.06. The molecule has 0 unspecified atom stereocenters. The van der Waals surface area contributed by atoms with E-state index in [0.717, 1.165) is 23.1 Å². The van der Waals surface area contributed by atoms with Gasteiger partial charge in [-0.3, -0.25) is 15.1 Å². The van der Waals surface area contributed by atoms with Crippen molar-refractivity contribution < 1.29 is 4.92 Å². The van der Waals surface area contributed by atoms with Crippen molar-refractivity contribution in [2.24, 2.45) is 0 Å². The van der Waals surface area contributed by atoms with Gasteiger partial charge in [0.05, 0.1) is 4.92 Å². The normalized spacial score (nSPS) is 11.3. The van der Waals surface area contributed by atoms with Crippen LogP contribution in [0.25, 0.3) is 11.6 Å². The van der Waals surface area contributed by atoms with Crippen molar-refractivity contribution in [1.29, 1.82) is 0 Å². The second-order valence-electron chi connectivity index (χ2n) is 4.11. The Morgan fingerprint density at radius 3 is 2.68 bits per heavy atom. The molecule has 0 N–H and O–H groups in total. The van der Waals surface area contributed by atoms with E-state index in [4.69, 9.17) is 0 Å². The van der Waals surface area contributed by atoms with Crippen LogP contribution < -0.4 is 0 Å². The number of nitro groups is 1. The first-order chi connectivity index (χ1) is 9.20. The molecule has 4 heteroatoms. The molecular weight excluding hydrogens is 240 g/mol. The lowest BCUT2D eigenvalue weighted by Crippen LogP contribution is -1.88. The van der Waals surface area contributed by atoms with E-state index in [1.54, 1.807) is 24.5 Å². The minimum absolute atomic E-state index is 0.110. The van der Waals surface area contributed by atoms with Gasteiger partial charge < -0.3 is 0 Å². The first-order valence-corrected chi connectivity index (χ1v) is 6.06. The number of hydrogen-bond acceptors (Lipinski definition) is 3. The summed E-state index contributed by atoms with van der Waals surface area (Å²) < 4.78 is 0. The van der Waals surface area contributed by atoms with Gasteiger partial charge in [0.1, 0.15) is 0 Å². The van der Waals surface area contributed by atoms with Gasteiger partial charge >= 0.3 is 0 Å². The van der Waals surface area contributed by atoms with Crippen molar-refractivity contribution in [3.05, 3.63) is 70.0 Å². The fourth-order valence-electron chi connectivity index (χ4n) is 1.88. The first kappa shape index (κ1) is 13.0. The van der Waals surface area contributed by atoms with Crippen LogP contribution in [0.4, 0.5) is 5.69 Å². The maximum Gasteiger partial charge on any atom is 0.270 e. The van der Waals surface area contributed by atoms with E-state index in [9.17, 15) is 10.1 Å². The summed E-state index contributed by atoms with van der Waals surface area (Å²) in [6, 6.07) is 10.5. The SMILES string of the molecule is CC/C(=C/c1cccc([N+](=O)[O-])c1)c1ccncc1. The number of allylic oxidation sites excluding steroid dienone is 1. The molecule has 0 spiro atoms. The minimum atomic E-state index is -0.380. The average molecular weight is 254 g/mol. The quantitative estimate of drug-likeness (QED) is 0.613. The maximum absolute atomic E-state index is 10.8. The second kappa shape index (κ2) is 5.91. The van der Waals surface area contributed by atoms with E-state index in [1.165, 1.54) is 6.07 Å². The van der Waals surface area contributed by atoms with Gasteiger partial charge in [-0.15, -0.1) is 0 Å². The van der Waals surface area contributed by atoms with Crippen LogP contribution in [0, 0.1) is 10.1 Å². The molecule has 1 heterocycles. The smallest absolute Gasteiger partial charge is 0.265 e. The van der Waals surface area contributed by atoms with Crippen LogP contribution in [0.15, 0.2) is 48.8 Å². The largest absolute Gasteiger partial charge is 0.270 e. The molecule has 0 radical (unpaired) electrons. The molecular formula is C15H14N2O2. The van der Waals surface area contributed by atoms with Crippen LogP contribution in [0.5, 0.6) is 0 Å². The van der Waals surface area contributed by atoms with Gasteiger partial charge in [0.25, 0.3) is 5.69 Å². The Balaban J connectivity index is 2.38. The standard InChI is InChI=1S/C15H14N2O2/c1-2-13(14-6-8-16-9-7-14)10-12-4-3-5-15(11-12)17(18)19/h3-11H,2H2,1H3/b13-10-. The highest BCUT2D eigenvalue weighted by Crippen LogP contribution is 2.22. The number of benzene rings is 1. The molecule has 0 bridgehead atoms. The third kappa shape index (κ3) is 3.25. The van der Waals surface area contributed by atoms with E-state index in [1.807, 2.05) is 24.3 Å². The topological polar surface area (TPSA) is 56.0 Å². The highest BCUT2D eigenvalue weighted by atomic mass is 16.6. The Morgan fingerprint density at radius 2 is 2.05 bits per heavy atom. The van der Waals surface area contributed by atoms with Crippen LogP contribution in [0.1, 0.15) is 24.5 Å². The lowest BCUT2D eigenvalue weighted by molar-refractivity contribution is -0.384. The molecule has 0 saturated heterocycles. The molecule has 1 aromatic heterocycles. The number of non-ortho nitro benzene ring substituents is 1. The molecule has 0 fully saturated rings. The van der Waals surface area contributed by atoms with Gasteiger partial charge in [-0.05, 0) is 35.3 Å². The zero-order valence-electron chi connectivity index (χ0n) is 10.6. The zero-order valence-corrected chi connectivity index (χ0v) is 10.6. The summed E-state index contributed by atoms with van der Waals surface area (Å²) in [6.07, 6.45) is 6.31. The van der Waals surface area contributed by atoms with Crippen molar-refractivity contribution in [2.75, 3.05) is 0 Å². The summed E-state index contributed by atoms with van der Waals surface area (Å²) in [6.45, 7) is 2.06. The number of nitro benzene ring substituents is 1. The number of hydrogen-bond donors (Lipinski definition) is 0. The highest BCUT2D eigenvalue weighted by molar-refractivity contribution is 5.81. The van der Waals surface area contributed by atoms with Gasteiger partial charge in [-0.2, -0.15) is 0 Å². The number of aromatic nitrogens is 1. The minimum Gasteiger partial charge on any atom is -0.265 e. The van der Waals surface area contributed by atoms with Crippen molar-refractivity contribution in [3.8, 4) is 0 Å². The summed E-state index contributed by atoms with van der Waals surface area (Å²) in [5.74, 6) is 0. The number of nitrogens with zero attached hydrogens (tertiary/aromatic N) is 2. The van der Waals surface area contributed by atoms with E-state index >= 15 is 0 Å². The second-order valence-corrected chi connectivity index (χ2v) is 4.11. The zero-order chi connectivity index (χ0) is 13.7. The Hall–Kier alpha value is -2.49. The molecule has 0 saturated carbocycles. The van der Waals surface area contributed by atoms with Crippen molar-refractivity contribution in [2.45, 2.75) is 13.3 Å². The third-order valence-corrected chi connectivity index (χ3v) is 2.85. The van der Waals surface area contributed by atoms with Crippen LogP contribution in [0.3, 0.4) is 0 Å². The molecule has 0 atom stereocenters. The van der Waals surface area contributed by atoms with Gasteiger partial charge in [0, 0.05) is 24.5 Å². The predicted octanol–water partition coefficient (Wildman–Crippen LogP) is 3.94. The molecule has 4 nitrogen and oxygen atoms in total. The summed E-state index contributed by atoms with van der Waals surface area (Å²) in [7, 11) is 0. The molecule has 0 aliphatic heterocycles. The molecule has 2 rings (SSSR count). The summed E-state index contributed by atoms with van der Waals surface area (Å²) in [4.78, 5) is 14.4. The summed E-state index contributed by atoms with van der Waals surface area (Å²) in [5, 5.41) is 10.8. The summed E-state index contributed by atoms with van der Waals surface area (Å²) in [5.41, 5.74) is 3.16. The van der Waals surface area contributed by atoms with Crippen LogP contribution >= 0.6 is 0 Å². The molecule has 0 aliphatic rings. The highest BCUT2D eigenvalue weighted by Gasteiger charge is 2.05. The van der Waals surface area contributed by atoms with Crippen molar-refractivity contribution >= 4 is 17.3 Å². The Bertz CT molecular complexity index is 607. The third-order valence-electron chi connectivity index (χ3n) is 2.85. The van der Waals surface area contributed by atoms with E-state index in [2.05, 4.69) is 11.9 Å². The van der Waals surface area contributed by atoms with Crippen LogP contribution in [-0.2, 0) is 0 Å². The van der Waals surface area contributed by atoms with Crippen LogP contribution in [-0.4, -0.2) is 9.91 Å². The van der Waals surface area contributed by atoms with E-state index in [0.29, 0.717) is 0 Å². The molecule has 19 heavy (non-hydrogen) atoms. The molecule has 0 amide bonds. The van der Waals surface area contributed by atoms with E-state index < -0.39 is 0 Å². The lowest BCUT2D eigenvalue weighted by atomic mass is 10.0. The Morgan fingerprint density at radius 1 is 1.32 bits per heavy atom. The lowest BCUT2D eigenvalue weighted by Gasteiger charge is -2.04. The molecule has 1 aromatic carbocycles. The molecule has 0 aliphatic carbocycles. The Kier molecular flexibility index (Phi) is 4.03. The molecule has 2 aromatic rings. The van der Waals surface area contributed by atoms with Crippen LogP contribution in [0.2, 0.25) is 0 Å². The van der Waals surface area contributed by atoms with E-state index in [-0.39, 0.29) is 10.6 Å². The fraction of sp³-hybridized carbons (Fsp3) is 0.133. The van der Waals surface area contributed by atoms with Crippen molar-refractivity contribution in [1.82, 2.24) is 4.98 Å².